The number of carbonyl (C=O) groups is 3. The molecule has 10 heteroatoms. The second-order valence-electron chi connectivity index (χ2n) is 5.79. The Balaban J connectivity index is 2.08. The van der Waals surface area contributed by atoms with Crippen LogP contribution in [-0.4, -0.2) is 48.3 Å². The highest BCUT2D eigenvalue weighted by atomic mass is 19.3. The average molecular weight is 358 g/mol. The first-order valence-corrected chi connectivity index (χ1v) is 7.34. The van der Waals surface area contributed by atoms with Crippen molar-refractivity contribution < 1.29 is 27.6 Å². The number of halogens is 3. The summed E-state index contributed by atoms with van der Waals surface area (Å²) in [6, 6.07) is 4.07. The predicted octanol–water partition coefficient (Wildman–Crippen LogP) is 0.303. The summed E-state index contributed by atoms with van der Waals surface area (Å²) in [4.78, 5) is 36.9. The predicted molar refractivity (Wildman–Crippen MR) is 81.0 cm³/mol. The van der Waals surface area contributed by atoms with E-state index in [1.165, 1.54) is 19.1 Å². The molecule has 1 aliphatic heterocycles. The maximum Gasteiger partial charge on any atom is 0.325 e. The molecule has 4 N–H and O–H groups in total. The van der Waals surface area contributed by atoms with Crippen LogP contribution in [0, 0.1) is 5.82 Å². The van der Waals surface area contributed by atoms with Gasteiger partial charge in [0.15, 0.2) is 0 Å². The van der Waals surface area contributed by atoms with Crippen molar-refractivity contribution in [3.63, 3.8) is 0 Å². The summed E-state index contributed by atoms with van der Waals surface area (Å²) in [6.07, 6.45) is 0. The Hall–Kier alpha value is -2.62. The number of nitrogens with two attached hydrogens (primary N) is 1. The molecular weight excluding hydrogens is 341 g/mol. The first-order valence-electron chi connectivity index (χ1n) is 7.34. The molecule has 0 spiro atoms. The van der Waals surface area contributed by atoms with Crippen LogP contribution in [0.1, 0.15) is 12.5 Å². The molecule has 1 aliphatic rings. The molecule has 0 radical (unpaired) electrons. The minimum Gasteiger partial charge on any atom is -0.348 e. The molecule has 0 aliphatic carbocycles. The van der Waals surface area contributed by atoms with Gasteiger partial charge in [-0.2, -0.15) is 0 Å². The molecule has 1 fully saturated rings. The molecule has 4 amide bonds. The van der Waals surface area contributed by atoms with Gasteiger partial charge in [0.1, 0.15) is 17.9 Å². The first kappa shape index (κ1) is 18.7. The Morgan fingerprint density at radius 2 is 1.92 bits per heavy atom. The van der Waals surface area contributed by atoms with Crippen LogP contribution in [-0.2, 0) is 15.1 Å². The van der Waals surface area contributed by atoms with Crippen molar-refractivity contribution in [1.29, 1.82) is 0 Å². The van der Waals surface area contributed by atoms with Crippen LogP contribution in [0.15, 0.2) is 24.3 Å². The van der Waals surface area contributed by atoms with Crippen LogP contribution in [0.5, 0.6) is 0 Å². The number of nitrogens with one attached hydrogen (secondary N) is 2. The molecule has 2 rings (SSSR count). The van der Waals surface area contributed by atoms with Crippen molar-refractivity contribution in [3.05, 3.63) is 35.6 Å². The number of urea groups is 1. The van der Waals surface area contributed by atoms with Gasteiger partial charge in [-0.1, -0.05) is 12.1 Å². The quantitative estimate of drug-likeness (QED) is 0.636. The minimum atomic E-state index is -3.28. The van der Waals surface area contributed by atoms with Crippen molar-refractivity contribution in [2.24, 2.45) is 5.73 Å². The molecule has 1 atom stereocenters. The van der Waals surface area contributed by atoms with Gasteiger partial charge in [-0.05, 0) is 24.6 Å². The van der Waals surface area contributed by atoms with Gasteiger partial charge in [-0.3, -0.25) is 14.5 Å². The molecule has 1 unspecified atom stereocenters. The molecule has 0 aromatic heterocycles. The van der Waals surface area contributed by atoms with Crippen LogP contribution >= 0.6 is 0 Å². The number of alkyl halides is 2. The Morgan fingerprint density at radius 3 is 2.48 bits per heavy atom. The third-order valence-corrected chi connectivity index (χ3v) is 3.84. The van der Waals surface area contributed by atoms with E-state index in [0.717, 1.165) is 12.1 Å². The fourth-order valence-corrected chi connectivity index (χ4v) is 2.32. The van der Waals surface area contributed by atoms with E-state index < -0.39 is 54.8 Å². The number of hydrogen-bond acceptors (Lipinski definition) is 4. The summed E-state index contributed by atoms with van der Waals surface area (Å²) in [7, 11) is 0. The monoisotopic (exact) mass is 358 g/mol. The summed E-state index contributed by atoms with van der Waals surface area (Å²) >= 11 is 0. The number of imide groups is 1. The molecule has 1 heterocycles. The topological polar surface area (TPSA) is 105 Å². The van der Waals surface area contributed by atoms with Crippen LogP contribution in [0.2, 0.25) is 0 Å². The van der Waals surface area contributed by atoms with Gasteiger partial charge in [-0.25, -0.2) is 18.0 Å². The van der Waals surface area contributed by atoms with Crippen molar-refractivity contribution in [2.75, 3.05) is 19.6 Å². The second kappa shape index (κ2) is 6.71. The lowest BCUT2D eigenvalue weighted by atomic mass is 9.92. The third kappa shape index (κ3) is 3.90. The number of benzene rings is 1. The van der Waals surface area contributed by atoms with Crippen molar-refractivity contribution >= 4 is 17.8 Å². The second-order valence-corrected chi connectivity index (χ2v) is 5.79. The summed E-state index contributed by atoms with van der Waals surface area (Å²) < 4.78 is 39.1. The van der Waals surface area contributed by atoms with E-state index in [0.29, 0.717) is 10.5 Å². The van der Waals surface area contributed by atoms with Crippen LogP contribution in [0.25, 0.3) is 0 Å². The van der Waals surface area contributed by atoms with Crippen molar-refractivity contribution in [3.8, 4) is 0 Å². The Morgan fingerprint density at radius 1 is 1.32 bits per heavy atom. The van der Waals surface area contributed by atoms with E-state index in [-0.39, 0.29) is 0 Å². The fraction of sp³-hybridized carbons (Fsp3) is 0.400. The lowest BCUT2D eigenvalue weighted by Crippen LogP contribution is -2.47. The number of rotatable bonds is 6. The van der Waals surface area contributed by atoms with E-state index in [9.17, 15) is 27.6 Å². The standard InChI is InChI=1S/C15H17F3N4O3/c1-14(9-2-4-10(16)5-3-9)12(24)22(13(25)21-14)6-11(23)20-8-15(17,18)7-19/h2-5H,6-8,19H2,1H3,(H,20,23)(H,21,25). The average Bonchev–Trinajstić information content (AvgIpc) is 2.78. The summed E-state index contributed by atoms with van der Waals surface area (Å²) in [5.74, 6) is -5.47. The number of nitrogens with zero attached hydrogens (tertiary/aromatic N) is 1. The van der Waals surface area contributed by atoms with E-state index in [1.54, 1.807) is 0 Å². The van der Waals surface area contributed by atoms with Crippen LogP contribution in [0.3, 0.4) is 0 Å². The molecular formula is C15H17F3N4O3. The third-order valence-electron chi connectivity index (χ3n) is 3.84. The molecule has 1 saturated heterocycles. The lowest BCUT2D eigenvalue weighted by molar-refractivity contribution is -0.135. The van der Waals surface area contributed by atoms with Crippen molar-refractivity contribution in [2.45, 2.75) is 18.4 Å². The Bertz CT molecular complexity index is 696. The summed E-state index contributed by atoms with van der Waals surface area (Å²) in [6.45, 7) is -1.26. The highest BCUT2D eigenvalue weighted by Crippen LogP contribution is 2.28. The molecule has 1 aromatic rings. The zero-order chi connectivity index (χ0) is 18.8. The van der Waals surface area contributed by atoms with Gasteiger partial charge in [-0.15, -0.1) is 0 Å². The molecule has 25 heavy (non-hydrogen) atoms. The lowest BCUT2D eigenvalue weighted by Gasteiger charge is -2.22. The number of hydrogen-bond donors (Lipinski definition) is 3. The Kier molecular flexibility index (Phi) is 5.02. The van der Waals surface area contributed by atoms with E-state index >= 15 is 0 Å². The van der Waals surface area contributed by atoms with Gasteiger partial charge in [0.25, 0.3) is 11.8 Å². The summed E-state index contributed by atoms with van der Waals surface area (Å²) in [5, 5.41) is 4.35. The minimum absolute atomic E-state index is 0.324. The SMILES string of the molecule is CC1(c2ccc(F)cc2)NC(=O)N(CC(=O)NCC(F)(F)CN)C1=O. The highest BCUT2D eigenvalue weighted by molar-refractivity contribution is 6.09. The van der Waals surface area contributed by atoms with Crippen LogP contribution in [0.4, 0.5) is 18.0 Å². The highest BCUT2D eigenvalue weighted by Gasteiger charge is 2.49. The largest absolute Gasteiger partial charge is 0.348 e. The van der Waals surface area contributed by atoms with Gasteiger partial charge in [0, 0.05) is 0 Å². The molecule has 1 aromatic carbocycles. The molecule has 0 bridgehead atoms. The molecule has 136 valence electrons. The number of carbonyl (C=O) groups excluding carboxylic acids is 3. The van der Waals surface area contributed by atoms with E-state index in [1.807, 2.05) is 5.32 Å². The van der Waals surface area contributed by atoms with Gasteiger partial charge >= 0.3 is 6.03 Å². The zero-order valence-corrected chi connectivity index (χ0v) is 13.3. The van der Waals surface area contributed by atoms with Gasteiger partial charge in [0.2, 0.25) is 5.91 Å². The maximum atomic E-state index is 13.0. The van der Waals surface area contributed by atoms with Gasteiger partial charge < -0.3 is 16.4 Å². The first-order chi connectivity index (χ1) is 11.6. The Labute approximate surface area is 141 Å². The normalized spacial score (nSPS) is 20.6. The maximum absolute atomic E-state index is 13.0. The molecule has 7 nitrogen and oxygen atoms in total. The smallest absolute Gasteiger partial charge is 0.325 e. The van der Waals surface area contributed by atoms with Gasteiger partial charge in [0.05, 0.1) is 13.1 Å². The van der Waals surface area contributed by atoms with E-state index in [4.69, 9.17) is 5.73 Å². The van der Waals surface area contributed by atoms with Crippen molar-refractivity contribution in [1.82, 2.24) is 15.5 Å². The van der Waals surface area contributed by atoms with Crippen LogP contribution < -0.4 is 16.4 Å². The molecule has 0 saturated carbocycles. The fourth-order valence-electron chi connectivity index (χ4n) is 2.32. The zero-order valence-electron chi connectivity index (χ0n) is 13.3. The van der Waals surface area contributed by atoms with E-state index in [2.05, 4.69) is 5.32 Å². The number of amides is 4. The summed E-state index contributed by atoms with van der Waals surface area (Å²) in [5.41, 5.74) is 3.70.